The Balaban J connectivity index is 0. The van der Waals surface area contributed by atoms with E-state index in [-0.39, 0.29) is 36.1 Å². The van der Waals surface area contributed by atoms with Gasteiger partial charge in [-0.15, -0.1) is 0 Å². The molecule has 0 amide bonds. The third kappa shape index (κ3) is 20.7. The summed E-state index contributed by atoms with van der Waals surface area (Å²) in [4.78, 5) is 10.3. The van der Waals surface area contributed by atoms with Crippen molar-refractivity contribution in [2.75, 3.05) is 13.1 Å². The van der Waals surface area contributed by atoms with Crippen molar-refractivity contribution >= 4 is 35.5 Å². The zero-order valence-corrected chi connectivity index (χ0v) is 12.8. The van der Waals surface area contributed by atoms with Crippen molar-refractivity contribution in [2.24, 2.45) is 0 Å². The molecule has 0 aliphatic carbocycles. The van der Waals surface area contributed by atoms with Crippen LogP contribution in [0.2, 0.25) is 0 Å². The van der Waals surface area contributed by atoms with Gasteiger partial charge >= 0.3 is 35.5 Å². The quantitative estimate of drug-likeness (QED) is 0.358. The first kappa shape index (κ1) is 22.7. The first-order chi connectivity index (χ1) is 9.27. The van der Waals surface area contributed by atoms with Crippen LogP contribution >= 0.6 is 0 Å². The van der Waals surface area contributed by atoms with E-state index in [1.807, 2.05) is 0 Å². The second-order valence-corrected chi connectivity index (χ2v) is 5.46. The van der Waals surface area contributed by atoms with Gasteiger partial charge in [-0.05, 0) is 13.0 Å². The van der Waals surface area contributed by atoms with Crippen molar-refractivity contribution in [3.63, 3.8) is 0 Å². The van der Waals surface area contributed by atoms with Crippen LogP contribution in [0, 0.1) is 0 Å². The van der Waals surface area contributed by atoms with E-state index in [9.17, 15) is 4.79 Å². The molecule has 0 aromatic rings. The second kappa shape index (κ2) is 19.4. The molecular weight excluding hydrogens is 261 g/mol. The Morgan fingerprint density at radius 2 is 1.20 bits per heavy atom. The molecule has 0 spiro atoms. The van der Waals surface area contributed by atoms with E-state index < -0.39 is 5.97 Å². The maximum absolute atomic E-state index is 10.3. The number of carbonyl (C=O) groups is 1. The molecule has 0 fully saturated rings. The Labute approximate surface area is 147 Å². The molecule has 4 heteroatoms. The Kier molecular flexibility index (Phi) is 22.1. The number of rotatable bonds is 15. The third-order valence-electron chi connectivity index (χ3n) is 3.48. The standard InChI is InChI=1S/C16H33NO2.Na.H/c1-2-3-4-5-6-7-8-9-10-11-12-13-14-17-15-16(18)19;;/h17H,2-15H2,1H3,(H,18,19);;. The molecule has 0 rings (SSSR count). The van der Waals surface area contributed by atoms with Crippen molar-refractivity contribution in [2.45, 2.75) is 84.0 Å². The SMILES string of the molecule is CCCCCCCCCCCCCCNCC(=O)O.[NaH]. The van der Waals surface area contributed by atoms with Gasteiger partial charge in [-0.2, -0.15) is 0 Å². The van der Waals surface area contributed by atoms with Crippen LogP contribution in [-0.2, 0) is 4.79 Å². The Morgan fingerprint density at radius 3 is 1.60 bits per heavy atom. The van der Waals surface area contributed by atoms with E-state index in [4.69, 9.17) is 5.11 Å². The zero-order valence-electron chi connectivity index (χ0n) is 12.8. The molecule has 3 nitrogen and oxygen atoms in total. The molecule has 0 unspecified atom stereocenters. The fraction of sp³-hybridized carbons (Fsp3) is 0.938. The van der Waals surface area contributed by atoms with Crippen LogP contribution in [0.25, 0.3) is 0 Å². The van der Waals surface area contributed by atoms with E-state index in [0.29, 0.717) is 0 Å². The van der Waals surface area contributed by atoms with E-state index in [2.05, 4.69) is 12.2 Å². The summed E-state index contributed by atoms with van der Waals surface area (Å²) >= 11 is 0. The van der Waals surface area contributed by atoms with Gasteiger partial charge in [0.1, 0.15) is 0 Å². The third-order valence-corrected chi connectivity index (χ3v) is 3.48. The number of hydrogen-bond acceptors (Lipinski definition) is 2. The summed E-state index contributed by atoms with van der Waals surface area (Å²) in [6.45, 7) is 3.19. The van der Waals surface area contributed by atoms with Crippen molar-refractivity contribution in [1.82, 2.24) is 5.32 Å². The van der Waals surface area contributed by atoms with E-state index in [1.165, 1.54) is 70.6 Å². The fourth-order valence-corrected chi connectivity index (χ4v) is 2.29. The van der Waals surface area contributed by atoms with Gasteiger partial charge in [-0.3, -0.25) is 4.79 Å². The molecule has 20 heavy (non-hydrogen) atoms. The number of carboxylic acids is 1. The van der Waals surface area contributed by atoms with Crippen LogP contribution in [-0.4, -0.2) is 53.7 Å². The van der Waals surface area contributed by atoms with Crippen molar-refractivity contribution in [1.29, 1.82) is 0 Å². The molecule has 0 radical (unpaired) electrons. The van der Waals surface area contributed by atoms with E-state index in [0.717, 1.165) is 13.0 Å². The first-order valence-electron chi connectivity index (χ1n) is 8.20. The van der Waals surface area contributed by atoms with Crippen molar-refractivity contribution in [3.8, 4) is 0 Å². The van der Waals surface area contributed by atoms with Crippen LogP contribution in [0.15, 0.2) is 0 Å². The van der Waals surface area contributed by atoms with Crippen LogP contribution in [0.3, 0.4) is 0 Å². The predicted octanol–water partition coefficient (Wildman–Crippen LogP) is 3.71. The molecule has 116 valence electrons. The number of unbranched alkanes of at least 4 members (excludes halogenated alkanes) is 11. The summed E-state index contributed by atoms with van der Waals surface area (Å²) in [6.07, 6.45) is 16.1. The number of carboxylic acid groups (broad SMARTS) is 1. The molecule has 0 atom stereocenters. The summed E-state index contributed by atoms with van der Waals surface area (Å²) in [5, 5.41) is 11.4. The summed E-state index contributed by atoms with van der Waals surface area (Å²) in [6, 6.07) is 0. The van der Waals surface area contributed by atoms with Crippen LogP contribution in [0.4, 0.5) is 0 Å². The number of aliphatic carboxylic acids is 1. The average Bonchev–Trinajstić information content (AvgIpc) is 2.39. The summed E-state index contributed by atoms with van der Waals surface area (Å²) < 4.78 is 0. The molecular formula is C16H34NNaO2. The van der Waals surface area contributed by atoms with Gasteiger partial charge in [0.05, 0.1) is 6.54 Å². The van der Waals surface area contributed by atoms with E-state index >= 15 is 0 Å². The van der Waals surface area contributed by atoms with Crippen LogP contribution < -0.4 is 5.32 Å². The molecule has 0 aromatic carbocycles. The van der Waals surface area contributed by atoms with Gasteiger partial charge in [0.2, 0.25) is 0 Å². The summed E-state index contributed by atoms with van der Waals surface area (Å²) in [5.74, 6) is -0.765. The van der Waals surface area contributed by atoms with Crippen molar-refractivity contribution < 1.29 is 9.90 Å². The van der Waals surface area contributed by atoms with Crippen molar-refractivity contribution in [3.05, 3.63) is 0 Å². The minimum atomic E-state index is -0.765. The van der Waals surface area contributed by atoms with E-state index in [1.54, 1.807) is 0 Å². The molecule has 0 aromatic heterocycles. The Bertz CT molecular complexity index is 201. The molecule has 0 aliphatic heterocycles. The normalized spacial score (nSPS) is 10.2. The summed E-state index contributed by atoms with van der Waals surface area (Å²) in [7, 11) is 0. The number of hydrogen-bond donors (Lipinski definition) is 2. The van der Waals surface area contributed by atoms with Gasteiger partial charge in [-0.25, -0.2) is 0 Å². The van der Waals surface area contributed by atoms with Gasteiger partial charge in [0, 0.05) is 0 Å². The summed E-state index contributed by atoms with van der Waals surface area (Å²) in [5.41, 5.74) is 0. The van der Waals surface area contributed by atoms with Gasteiger partial charge < -0.3 is 10.4 Å². The molecule has 2 N–H and O–H groups in total. The fourth-order valence-electron chi connectivity index (χ4n) is 2.29. The topological polar surface area (TPSA) is 49.3 Å². The van der Waals surface area contributed by atoms with Crippen LogP contribution in [0.5, 0.6) is 0 Å². The molecule has 0 saturated heterocycles. The Hall–Kier alpha value is 0.430. The molecule has 0 bridgehead atoms. The zero-order chi connectivity index (χ0) is 14.2. The maximum atomic E-state index is 10.3. The molecule has 0 aliphatic rings. The van der Waals surface area contributed by atoms with Crippen LogP contribution in [0.1, 0.15) is 84.0 Å². The Morgan fingerprint density at radius 1 is 0.800 bits per heavy atom. The number of nitrogens with one attached hydrogen (secondary N) is 1. The minimum absolute atomic E-state index is 0. The predicted molar refractivity (Wildman–Crippen MR) is 88.7 cm³/mol. The van der Waals surface area contributed by atoms with Gasteiger partial charge in [-0.1, -0.05) is 77.6 Å². The average molecular weight is 295 g/mol. The van der Waals surface area contributed by atoms with Gasteiger partial charge in [0.25, 0.3) is 0 Å². The molecule has 0 heterocycles. The van der Waals surface area contributed by atoms with Gasteiger partial charge in [0.15, 0.2) is 0 Å². The first-order valence-corrected chi connectivity index (χ1v) is 8.20. The monoisotopic (exact) mass is 295 g/mol. The molecule has 0 saturated carbocycles. The second-order valence-electron chi connectivity index (χ2n) is 5.46.